The summed E-state index contributed by atoms with van der Waals surface area (Å²) in [5.74, 6) is -1.51. The smallest absolute Gasteiger partial charge is 0.310 e. The molecule has 4 heteroatoms. The highest BCUT2D eigenvalue weighted by molar-refractivity contribution is 5.84. The Morgan fingerprint density at radius 2 is 1.17 bits per heavy atom. The Morgan fingerprint density at radius 1 is 0.826 bits per heavy atom. The minimum absolute atomic E-state index is 0.00839. The molecule has 4 unspecified atom stereocenters. The van der Waals surface area contributed by atoms with E-state index < -0.39 is 11.8 Å². The molecular formula is C19H30O4. The van der Waals surface area contributed by atoms with Gasteiger partial charge in [-0.2, -0.15) is 0 Å². The van der Waals surface area contributed by atoms with Crippen LogP contribution >= 0.6 is 0 Å². The van der Waals surface area contributed by atoms with E-state index >= 15 is 0 Å². The van der Waals surface area contributed by atoms with E-state index in [-0.39, 0.29) is 23.8 Å². The van der Waals surface area contributed by atoms with Gasteiger partial charge in [0.25, 0.3) is 0 Å². The highest BCUT2D eigenvalue weighted by atomic mass is 16.5. The predicted octanol–water partition coefficient (Wildman–Crippen LogP) is 3.91. The quantitative estimate of drug-likeness (QED) is 0.549. The van der Waals surface area contributed by atoms with Crippen LogP contribution in [0.3, 0.4) is 0 Å². The topological polar surface area (TPSA) is 52.6 Å². The third kappa shape index (κ3) is 5.22. The van der Waals surface area contributed by atoms with Gasteiger partial charge in [0.15, 0.2) is 0 Å². The molecule has 0 radical (unpaired) electrons. The second kappa shape index (κ2) is 8.90. The SMILES string of the molecule is CCOC(=O)C1C(C=C(C)C)CC(C=C(C)C)C1C(=O)OCC. The van der Waals surface area contributed by atoms with E-state index in [0.29, 0.717) is 13.2 Å². The summed E-state index contributed by atoms with van der Waals surface area (Å²) in [5.41, 5.74) is 2.29. The number of rotatable bonds is 6. The van der Waals surface area contributed by atoms with Crippen LogP contribution < -0.4 is 0 Å². The van der Waals surface area contributed by atoms with Gasteiger partial charge in [0.05, 0.1) is 25.0 Å². The van der Waals surface area contributed by atoms with Gasteiger partial charge < -0.3 is 9.47 Å². The molecule has 0 saturated heterocycles. The van der Waals surface area contributed by atoms with Gasteiger partial charge in [-0.15, -0.1) is 0 Å². The van der Waals surface area contributed by atoms with Crippen LogP contribution in [-0.4, -0.2) is 25.2 Å². The van der Waals surface area contributed by atoms with E-state index in [0.717, 1.165) is 17.6 Å². The Kier molecular flexibility index (Phi) is 7.53. The van der Waals surface area contributed by atoms with Crippen molar-refractivity contribution >= 4 is 11.9 Å². The molecule has 4 nitrogen and oxygen atoms in total. The lowest BCUT2D eigenvalue weighted by molar-refractivity contribution is -0.160. The van der Waals surface area contributed by atoms with Gasteiger partial charge in [0, 0.05) is 0 Å². The first-order chi connectivity index (χ1) is 10.8. The molecule has 0 N–H and O–H groups in total. The molecule has 0 bridgehead atoms. The fourth-order valence-corrected chi connectivity index (χ4v) is 3.46. The van der Waals surface area contributed by atoms with Crippen LogP contribution in [0.25, 0.3) is 0 Å². The molecular weight excluding hydrogens is 292 g/mol. The average Bonchev–Trinajstić information content (AvgIpc) is 2.75. The van der Waals surface area contributed by atoms with E-state index in [4.69, 9.17) is 9.47 Å². The Balaban J connectivity index is 3.25. The summed E-state index contributed by atoms with van der Waals surface area (Å²) in [7, 11) is 0. The van der Waals surface area contributed by atoms with Crippen molar-refractivity contribution in [3.63, 3.8) is 0 Å². The number of esters is 2. The monoisotopic (exact) mass is 322 g/mol. The molecule has 130 valence electrons. The molecule has 23 heavy (non-hydrogen) atoms. The first-order valence-corrected chi connectivity index (χ1v) is 8.45. The maximum absolute atomic E-state index is 12.5. The molecule has 0 amide bonds. The van der Waals surface area contributed by atoms with E-state index in [1.165, 1.54) is 0 Å². The minimum Gasteiger partial charge on any atom is -0.466 e. The zero-order valence-corrected chi connectivity index (χ0v) is 15.2. The zero-order valence-electron chi connectivity index (χ0n) is 15.2. The lowest BCUT2D eigenvalue weighted by Crippen LogP contribution is -2.34. The predicted molar refractivity (Wildman–Crippen MR) is 90.7 cm³/mol. The van der Waals surface area contributed by atoms with Gasteiger partial charge in [-0.25, -0.2) is 0 Å². The molecule has 0 aromatic carbocycles. The van der Waals surface area contributed by atoms with Gasteiger partial charge in [-0.05, 0) is 59.8 Å². The standard InChI is InChI=1S/C19H30O4/c1-7-22-18(20)16-14(9-12(3)4)11-15(10-13(5)6)17(16)19(21)23-8-2/h9-10,14-17H,7-8,11H2,1-6H3. The fourth-order valence-electron chi connectivity index (χ4n) is 3.46. The summed E-state index contributed by atoms with van der Waals surface area (Å²) in [4.78, 5) is 25.0. The molecule has 1 aliphatic carbocycles. The average molecular weight is 322 g/mol. The number of hydrogen-bond donors (Lipinski definition) is 0. The molecule has 1 aliphatic rings. The van der Waals surface area contributed by atoms with Crippen molar-refractivity contribution in [1.29, 1.82) is 0 Å². The Hall–Kier alpha value is -1.58. The van der Waals surface area contributed by atoms with Crippen molar-refractivity contribution in [3.8, 4) is 0 Å². The number of carbonyl (C=O) groups is 2. The second-order valence-corrected chi connectivity index (χ2v) is 6.61. The number of hydrogen-bond acceptors (Lipinski definition) is 4. The van der Waals surface area contributed by atoms with Crippen molar-refractivity contribution in [1.82, 2.24) is 0 Å². The maximum Gasteiger partial charge on any atom is 0.310 e. The van der Waals surface area contributed by atoms with Crippen molar-refractivity contribution < 1.29 is 19.1 Å². The van der Waals surface area contributed by atoms with Crippen molar-refractivity contribution in [2.24, 2.45) is 23.7 Å². The minimum atomic E-state index is -0.468. The second-order valence-electron chi connectivity index (χ2n) is 6.61. The maximum atomic E-state index is 12.5. The number of allylic oxidation sites excluding steroid dienone is 4. The third-order valence-corrected chi connectivity index (χ3v) is 4.07. The zero-order chi connectivity index (χ0) is 17.6. The van der Waals surface area contributed by atoms with Gasteiger partial charge in [0.2, 0.25) is 0 Å². The number of carbonyl (C=O) groups excluding carboxylic acids is 2. The lowest BCUT2D eigenvalue weighted by Gasteiger charge is -2.22. The van der Waals surface area contributed by atoms with Gasteiger partial charge in [-0.1, -0.05) is 23.3 Å². The van der Waals surface area contributed by atoms with Crippen LogP contribution in [0.1, 0.15) is 48.0 Å². The van der Waals surface area contributed by atoms with Crippen LogP contribution in [-0.2, 0) is 19.1 Å². The molecule has 0 heterocycles. The molecule has 0 aliphatic heterocycles. The van der Waals surface area contributed by atoms with Crippen LogP contribution in [0.4, 0.5) is 0 Å². The fraction of sp³-hybridized carbons (Fsp3) is 0.684. The van der Waals surface area contributed by atoms with Gasteiger partial charge >= 0.3 is 11.9 Å². The summed E-state index contributed by atoms with van der Waals surface area (Å²) in [6.45, 7) is 12.3. The molecule has 0 aromatic rings. The molecule has 1 fully saturated rings. The van der Waals surface area contributed by atoms with Crippen molar-refractivity contribution in [2.75, 3.05) is 13.2 Å². The Labute approximate surface area is 139 Å². The Morgan fingerprint density at radius 3 is 1.43 bits per heavy atom. The lowest BCUT2D eigenvalue weighted by atomic mass is 9.85. The first kappa shape index (κ1) is 19.5. The van der Waals surface area contributed by atoms with Crippen molar-refractivity contribution in [2.45, 2.75) is 48.0 Å². The molecule has 4 atom stereocenters. The Bertz CT molecular complexity index is 438. The molecule has 1 rings (SSSR count). The molecule has 0 spiro atoms. The van der Waals surface area contributed by atoms with E-state index in [9.17, 15) is 9.59 Å². The van der Waals surface area contributed by atoms with E-state index in [1.807, 2.05) is 27.7 Å². The molecule has 0 aromatic heterocycles. The summed E-state index contributed by atoms with van der Waals surface area (Å²) in [5, 5.41) is 0. The summed E-state index contributed by atoms with van der Waals surface area (Å²) < 4.78 is 10.5. The van der Waals surface area contributed by atoms with Crippen LogP contribution in [0, 0.1) is 23.7 Å². The summed E-state index contributed by atoms with van der Waals surface area (Å²) in [6.07, 6.45) is 4.95. The van der Waals surface area contributed by atoms with Crippen LogP contribution in [0.2, 0.25) is 0 Å². The molecule has 1 saturated carbocycles. The first-order valence-electron chi connectivity index (χ1n) is 8.45. The normalized spacial score (nSPS) is 26.3. The summed E-state index contributed by atoms with van der Waals surface area (Å²) >= 11 is 0. The van der Waals surface area contributed by atoms with Crippen molar-refractivity contribution in [3.05, 3.63) is 23.3 Å². The third-order valence-electron chi connectivity index (χ3n) is 4.07. The number of ether oxygens (including phenoxy) is 2. The van der Waals surface area contributed by atoms with Gasteiger partial charge in [-0.3, -0.25) is 9.59 Å². The highest BCUT2D eigenvalue weighted by Gasteiger charge is 2.50. The van der Waals surface area contributed by atoms with Crippen LogP contribution in [0.15, 0.2) is 23.3 Å². The van der Waals surface area contributed by atoms with E-state index in [2.05, 4.69) is 12.2 Å². The van der Waals surface area contributed by atoms with E-state index in [1.54, 1.807) is 13.8 Å². The van der Waals surface area contributed by atoms with Gasteiger partial charge in [0.1, 0.15) is 0 Å². The van der Waals surface area contributed by atoms with Crippen LogP contribution in [0.5, 0.6) is 0 Å². The highest BCUT2D eigenvalue weighted by Crippen LogP contribution is 2.45. The largest absolute Gasteiger partial charge is 0.466 e. The summed E-state index contributed by atoms with van der Waals surface area (Å²) in [6, 6.07) is 0.